The fourth-order valence-corrected chi connectivity index (χ4v) is 2.23. The number of thiocarbonyl (C=S) groups is 1. The Kier molecular flexibility index (Phi) is 3.49. The van der Waals surface area contributed by atoms with E-state index in [0.717, 1.165) is 24.3 Å². The van der Waals surface area contributed by atoms with Gasteiger partial charge < -0.3 is 4.74 Å². The van der Waals surface area contributed by atoms with Crippen LogP contribution in [0.2, 0.25) is 0 Å². The molecular weight excluding hydrogens is 192 g/mol. The molecule has 0 N–H and O–H groups in total. The molecule has 1 unspecified atom stereocenters. The molecule has 2 aliphatic rings. The van der Waals surface area contributed by atoms with Gasteiger partial charge in [-0.3, -0.25) is 0 Å². The number of ether oxygens (including phenoxy) is 1. The largest absolute Gasteiger partial charge is 0.378 e. The molecule has 1 aliphatic heterocycles. The molecule has 0 aromatic heterocycles. The van der Waals surface area contributed by atoms with Crippen molar-refractivity contribution >= 4 is 17.1 Å². The second kappa shape index (κ2) is 4.85. The van der Waals surface area contributed by atoms with Crippen LogP contribution >= 0.6 is 12.2 Å². The first-order valence-corrected chi connectivity index (χ1v) is 5.77. The van der Waals surface area contributed by atoms with Crippen molar-refractivity contribution in [2.45, 2.75) is 38.2 Å². The van der Waals surface area contributed by atoms with Crippen molar-refractivity contribution in [3.63, 3.8) is 0 Å². The first kappa shape index (κ1) is 10.1. The van der Waals surface area contributed by atoms with E-state index >= 15 is 0 Å². The summed E-state index contributed by atoms with van der Waals surface area (Å²) in [6.07, 6.45) is 12.5. The van der Waals surface area contributed by atoms with Crippen LogP contribution in [0.1, 0.15) is 32.1 Å². The van der Waals surface area contributed by atoms with Gasteiger partial charge in [0.2, 0.25) is 0 Å². The SMILES string of the molecule is S=C1CC=CC=C1CC1CCCCO1. The lowest BCUT2D eigenvalue weighted by Crippen LogP contribution is -2.21. The molecule has 1 saturated heterocycles. The molecule has 1 fully saturated rings. The van der Waals surface area contributed by atoms with Crippen LogP contribution < -0.4 is 0 Å². The third-order valence-corrected chi connectivity index (χ3v) is 3.25. The van der Waals surface area contributed by atoms with Gasteiger partial charge in [-0.15, -0.1) is 0 Å². The summed E-state index contributed by atoms with van der Waals surface area (Å²) in [6, 6.07) is 0. The molecule has 2 heteroatoms. The average Bonchev–Trinajstić information content (AvgIpc) is 2.23. The lowest BCUT2D eigenvalue weighted by molar-refractivity contribution is 0.0176. The highest BCUT2D eigenvalue weighted by Gasteiger charge is 2.17. The van der Waals surface area contributed by atoms with Crippen LogP contribution in [0.4, 0.5) is 0 Å². The quantitative estimate of drug-likeness (QED) is 0.644. The van der Waals surface area contributed by atoms with Crippen LogP contribution in [0, 0.1) is 0 Å². The smallest absolute Gasteiger partial charge is 0.0615 e. The minimum atomic E-state index is 0.416. The van der Waals surface area contributed by atoms with E-state index < -0.39 is 0 Å². The van der Waals surface area contributed by atoms with Gasteiger partial charge in [-0.25, -0.2) is 0 Å². The van der Waals surface area contributed by atoms with Gasteiger partial charge in [0.15, 0.2) is 0 Å². The molecule has 76 valence electrons. The van der Waals surface area contributed by atoms with Gasteiger partial charge in [0.05, 0.1) is 6.10 Å². The molecule has 0 spiro atoms. The zero-order valence-electron chi connectivity index (χ0n) is 8.37. The molecule has 2 rings (SSSR count). The van der Waals surface area contributed by atoms with Crippen molar-refractivity contribution in [1.29, 1.82) is 0 Å². The third kappa shape index (κ3) is 2.52. The molecule has 0 saturated carbocycles. The number of rotatable bonds is 2. The summed E-state index contributed by atoms with van der Waals surface area (Å²) < 4.78 is 5.70. The van der Waals surface area contributed by atoms with E-state index in [2.05, 4.69) is 18.2 Å². The highest BCUT2D eigenvalue weighted by atomic mass is 32.1. The predicted octanol–water partition coefficient (Wildman–Crippen LogP) is 3.20. The Morgan fingerprint density at radius 2 is 2.36 bits per heavy atom. The second-order valence-electron chi connectivity index (χ2n) is 3.94. The zero-order chi connectivity index (χ0) is 9.80. The Labute approximate surface area is 90.8 Å². The zero-order valence-corrected chi connectivity index (χ0v) is 9.19. The van der Waals surface area contributed by atoms with Crippen molar-refractivity contribution in [3.8, 4) is 0 Å². The summed E-state index contributed by atoms with van der Waals surface area (Å²) >= 11 is 5.32. The van der Waals surface area contributed by atoms with Crippen molar-refractivity contribution in [1.82, 2.24) is 0 Å². The van der Waals surface area contributed by atoms with Crippen LogP contribution in [0.3, 0.4) is 0 Å². The molecule has 14 heavy (non-hydrogen) atoms. The van der Waals surface area contributed by atoms with Crippen LogP contribution in [-0.2, 0) is 4.74 Å². The number of hydrogen-bond donors (Lipinski definition) is 0. The van der Waals surface area contributed by atoms with E-state index in [1.165, 1.54) is 24.8 Å². The van der Waals surface area contributed by atoms with Crippen LogP contribution in [0.25, 0.3) is 0 Å². The molecular formula is C12H16OS. The second-order valence-corrected chi connectivity index (χ2v) is 4.43. The Morgan fingerprint density at radius 3 is 3.07 bits per heavy atom. The highest BCUT2D eigenvalue weighted by Crippen LogP contribution is 2.22. The average molecular weight is 208 g/mol. The first-order valence-electron chi connectivity index (χ1n) is 5.37. The van der Waals surface area contributed by atoms with Crippen LogP contribution in [0.5, 0.6) is 0 Å². The summed E-state index contributed by atoms with van der Waals surface area (Å²) in [6.45, 7) is 0.931. The molecule has 1 atom stereocenters. The van der Waals surface area contributed by atoms with Crippen molar-refractivity contribution < 1.29 is 4.74 Å². The summed E-state index contributed by atoms with van der Waals surface area (Å²) in [5, 5.41) is 0. The van der Waals surface area contributed by atoms with E-state index in [9.17, 15) is 0 Å². The van der Waals surface area contributed by atoms with Crippen molar-refractivity contribution in [2.75, 3.05) is 6.61 Å². The lowest BCUT2D eigenvalue weighted by Gasteiger charge is -2.24. The molecule has 1 heterocycles. The fourth-order valence-electron chi connectivity index (χ4n) is 1.98. The van der Waals surface area contributed by atoms with Gasteiger partial charge >= 0.3 is 0 Å². The molecule has 0 amide bonds. The van der Waals surface area contributed by atoms with E-state index in [1.54, 1.807) is 0 Å². The monoisotopic (exact) mass is 208 g/mol. The first-order chi connectivity index (χ1) is 6.86. The minimum absolute atomic E-state index is 0.416. The number of hydrogen-bond acceptors (Lipinski definition) is 2. The normalized spacial score (nSPS) is 27.6. The van der Waals surface area contributed by atoms with E-state index in [1.807, 2.05) is 0 Å². The van der Waals surface area contributed by atoms with E-state index in [-0.39, 0.29) is 0 Å². The van der Waals surface area contributed by atoms with Crippen LogP contribution in [0.15, 0.2) is 23.8 Å². The van der Waals surface area contributed by atoms with Gasteiger partial charge in [-0.1, -0.05) is 30.4 Å². The molecule has 1 nitrogen and oxygen atoms in total. The topological polar surface area (TPSA) is 9.23 Å². The fraction of sp³-hybridized carbons (Fsp3) is 0.583. The maximum absolute atomic E-state index is 5.70. The Hall–Kier alpha value is -0.470. The molecule has 0 aromatic carbocycles. The Morgan fingerprint density at radius 1 is 1.43 bits per heavy atom. The number of allylic oxidation sites excluding steroid dienone is 3. The summed E-state index contributed by atoms with van der Waals surface area (Å²) in [4.78, 5) is 1.10. The van der Waals surface area contributed by atoms with Gasteiger partial charge in [0, 0.05) is 17.9 Å². The summed E-state index contributed by atoms with van der Waals surface area (Å²) in [7, 11) is 0. The predicted molar refractivity (Wildman–Crippen MR) is 62.6 cm³/mol. The third-order valence-electron chi connectivity index (χ3n) is 2.82. The molecule has 0 radical (unpaired) electrons. The summed E-state index contributed by atoms with van der Waals surface area (Å²) in [5.74, 6) is 0. The Balaban J connectivity index is 1.92. The Bertz CT molecular complexity index is 272. The van der Waals surface area contributed by atoms with Gasteiger partial charge in [0.1, 0.15) is 0 Å². The van der Waals surface area contributed by atoms with Gasteiger partial charge in [0.25, 0.3) is 0 Å². The minimum Gasteiger partial charge on any atom is -0.378 e. The van der Waals surface area contributed by atoms with Gasteiger partial charge in [-0.05, 0) is 31.3 Å². The lowest BCUT2D eigenvalue weighted by atomic mass is 9.95. The molecule has 1 aliphatic carbocycles. The van der Waals surface area contributed by atoms with Crippen molar-refractivity contribution in [2.24, 2.45) is 0 Å². The maximum Gasteiger partial charge on any atom is 0.0615 e. The van der Waals surface area contributed by atoms with Gasteiger partial charge in [-0.2, -0.15) is 0 Å². The van der Waals surface area contributed by atoms with E-state index in [0.29, 0.717) is 6.10 Å². The highest BCUT2D eigenvalue weighted by molar-refractivity contribution is 7.80. The van der Waals surface area contributed by atoms with Crippen LogP contribution in [-0.4, -0.2) is 17.6 Å². The standard InChI is InChI=1S/C12H16OS/c14-12-7-2-1-5-10(12)9-11-6-3-4-8-13-11/h1-2,5,11H,3-4,6-9H2. The summed E-state index contributed by atoms with van der Waals surface area (Å²) in [5.41, 5.74) is 1.31. The van der Waals surface area contributed by atoms with E-state index in [4.69, 9.17) is 17.0 Å². The molecule has 0 aromatic rings. The maximum atomic E-state index is 5.70. The van der Waals surface area contributed by atoms with Crippen molar-refractivity contribution in [3.05, 3.63) is 23.8 Å². The molecule has 0 bridgehead atoms.